The van der Waals surface area contributed by atoms with Gasteiger partial charge in [0.2, 0.25) is 0 Å². The lowest BCUT2D eigenvalue weighted by molar-refractivity contribution is -0.00588. The first-order chi connectivity index (χ1) is 8.72. The molecule has 1 aliphatic heterocycles. The minimum absolute atomic E-state index is 0.117. The maximum Gasteiger partial charge on any atom is 0.110 e. The van der Waals surface area contributed by atoms with Gasteiger partial charge < -0.3 is 25.0 Å². The summed E-state index contributed by atoms with van der Waals surface area (Å²) < 4.78 is 4.78. The fraction of sp³-hybridized carbons (Fsp3) is 0.385. The second-order valence-electron chi connectivity index (χ2n) is 4.18. The van der Waals surface area contributed by atoms with Crippen LogP contribution in [0.5, 0.6) is 0 Å². The molecule has 0 unspecified atom stereocenters. The molecule has 3 atom stereocenters. The zero-order valence-electron chi connectivity index (χ0n) is 9.86. The number of hydrogen-bond acceptors (Lipinski definition) is 4. The largest absolute Gasteiger partial charge is 0.394 e. The second-order valence-corrected chi connectivity index (χ2v) is 4.18. The first kappa shape index (κ1) is 13.0. The van der Waals surface area contributed by atoms with Gasteiger partial charge in [-0.1, -0.05) is 18.2 Å². The van der Waals surface area contributed by atoms with E-state index in [2.05, 4.69) is 23.2 Å². The van der Waals surface area contributed by atoms with Crippen molar-refractivity contribution in [2.75, 3.05) is 13.2 Å². The van der Waals surface area contributed by atoms with Crippen molar-refractivity contribution in [3.05, 3.63) is 36.5 Å². The van der Waals surface area contributed by atoms with E-state index in [9.17, 15) is 0 Å². The van der Waals surface area contributed by atoms with Crippen molar-refractivity contribution in [1.29, 1.82) is 0 Å². The van der Waals surface area contributed by atoms with Crippen LogP contribution < -0.4 is 0 Å². The van der Waals surface area contributed by atoms with Gasteiger partial charge >= 0.3 is 0 Å². The first-order valence-corrected chi connectivity index (χ1v) is 5.83. The Labute approximate surface area is 105 Å². The van der Waals surface area contributed by atoms with E-state index in [0.717, 1.165) is 0 Å². The Bertz CT molecular complexity index is 454. The molecule has 0 amide bonds. The predicted octanol–water partition coefficient (Wildman–Crippen LogP) is 0.267. The lowest BCUT2D eigenvalue weighted by Crippen LogP contribution is -2.31. The van der Waals surface area contributed by atoms with Crippen molar-refractivity contribution in [3.8, 4) is 0 Å². The smallest absolute Gasteiger partial charge is 0.110 e. The van der Waals surface area contributed by atoms with Crippen molar-refractivity contribution in [1.82, 2.24) is 4.98 Å². The van der Waals surface area contributed by atoms with E-state index in [4.69, 9.17) is 20.1 Å². The molecular formula is C13H17NO4. The number of aliphatic hydroxyl groups is 3. The van der Waals surface area contributed by atoms with Crippen LogP contribution in [0, 0.1) is 0 Å². The Morgan fingerprint density at radius 2 is 2.00 bits per heavy atom. The molecule has 0 bridgehead atoms. The number of fused-ring (bicyclic) bond motifs is 1. The van der Waals surface area contributed by atoms with Crippen LogP contribution in [0.1, 0.15) is 0 Å². The Hall–Kier alpha value is -1.40. The number of aliphatic hydroxyl groups excluding tert-OH is 3. The highest BCUT2D eigenvalue weighted by molar-refractivity contribution is 5.78. The molecule has 1 aliphatic rings. The summed E-state index contributed by atoms with van der Waals surface area (Å²) in [4.78, 5) is 3.12. The Kier molecular flexibility index (Phi) is 4.33. The highest BCUT2D eigenvalue weighted by atomic mass is 16.5. The second kappa shape index (κ2) is 5.97. The summed E-state index contributed by atoms with van der Waals surface area (Å²) in [5.41, 5.74) is 1.21. The third-order valence-electron chi connectivity index (χ3n) is 2.90. The van der Waals surface area contributed by atoms with Crippen LogP contribution in [0.4, 0.5) is 0 Å². The summed E-state index contributed by atoms with van der Waals surface area (Å²) in [5, 5.41) is 27.5. The summed E-state index contributed by atoms with van der Waals surface area (Å²) in [5.74, 6) is 0. The first-order valence-electron chi connectivity index (χ1n) is 5.83. The van der Waals surface area contributed by atoms with E-state index in [1.165, 1.54) is 10.9 Å². The Morgan fingerprint density at radius 3 is 2.56 bits per heavy atom. The van der Waals surface area contributed by atoms with Gasteiger partial charge in [-0.15, -0.1) is 0 Å². The standard InChI is InChI=1S/C8H7N.C5H10O4/c1-2-4-8-7(3-1)5-6-9-8;6-1-4-5(8)3(7)2-9-4/h1-6,9H;3-8H,1-2H2/t;3-,4+,5-/m.0/s1. The average Bonchev–Trinajstić information content (AvgIpc) is 2.98. The van der Waals surface area contributed by atoms with Gasteiger partial charge in [0.05, 0.1) is 13.2 Å². The van der Waals surface area contributed by atoms with Crippen LogP contribution in [0.25, 0.3) is 10.9 Å². The van der Waals surface area contributed by atoms with Crippen molar-refractivity contribution in [3.63, 3.8) is 0 Å². The summed E-state index contributed by atoms with van der Waals surface area (Å²) >= 11 is 0. The molecule has 0 aliphatic carbocycles. The lowest BCUT2D eigenvalue weighted by Gasteiger charge is -2.10. The van der Waals surface area contributed by atoms with Gasteiger partial charge in [-0.2, -0.15) is 0 Å². The van der Waals surface area contributed by atoms with Gasteiger partial charge in [0, 0.05) is 11.7 Å². The molecule has 1 fully saturated rings. The fourth-order valence-corrected chi connectivity index (χ4v) is 1.82. The van der Waals surface area contributed by atoms with E-state index in [-0.39, 0.29) is 13.2 Å². The summed E-state index contributed by atoms with van der Waals surface area (Å²) in [6.07, 6.45) is -0.401. The van der Waals surface area contributed by atoms with Crippen LogP contribution in [0.2, 0.25) is 0 Å². The highest BCUT2D eigenvalue weighted by Gasteiger charge is 2.33. The Balaban J connectivity index is 0.000000134. The highest BCUT2D eigenvalue weighted by Crippen LogP contribution is 2.12. The van der Waals surface area contributed by atoms with Gasteiger partial charge in [-0.3, -0.25) is 0 Å². The molecule has 2 aromatic rings. The molecule has 5 heteroatoms. The normalized spacial score (nSPS) is 26.9. The van der Waals surface area contributed by atoms with Crippen molar-refractivity contribution in [2.45, 2.75) is 18.3 Å². The van der Waals surface area contributed by atoms with E-state index in [1.807, 2.05) is 18.3 Å². The third kappa shape index (κ3) is 2.88. The molecule has 0 spiro atoms. The van der Waals surface area contributed by atoms with Crippen LogP contribution in [-0.2, 0) is 4.74 Å². The molecule has 98 valence electrons. The molecule has 0 radical (unpaired) electrons. The molecule has 18 heavy (non-hydrogen) atoms. The number of hydrogen-bond donors (Lipinski definition) is 4. The average molecular weight is 251 g/mol. The quantitative estimate of drug-likeness (QED) is 0.586. The number of rotatable bonds is 1. The van der Waals surface area contributed by atoms with Gasteiger partial charge in [0.25, 0.3) is 0 Å². The van der Waals surface area contributed by atoms with E-state index in [0.29, 0.717) is 0 Å². The molecule has 5 nitrogen and oxygen atoms in total. The number of benzene rings is 1. The van der Waals surface area contributed by atoms with Crippen molar-refractivity contribution >= 4 is 10.9 Å². The summed E-state index contributed by atoms with van der Waals surface area (Å²) in [6, 6.07) is 10.3. The maximum atomic E-state index is 8.92. The van der Waals surface area contributed by atoms with Crippen LogP contribution in [0.15, 0.2) is 36.5 Å². The van der Waals surface area contributed by atoms with Gasteiger partial charge in [-0.05, 0) is 17.5 Å². The number of H-pyrrole nitrogens is 1. The Morgan fingerprint density at radius 1 is 1.22 bits per heavy atom. The zero-order chi connectivity index (χ0) is 13.0. The molecule has 1 aromatic carbocycles. The number of ether oxygens (including phenoxy) is 1. The molecule has 3 rings (SSSR count). The van der Waals surface area contributed by atoms with Gasteiger partial charge in [-0.25, -0.2) is 0 Å². The monoisotopic (exact) mass is 251 g/mol. The van der Waals surface area contributed by atoms with Crippen LogP contribution >= 0.6 is 0 Å². The van der Waals surface area contributed by atoms with Crippen LogP contribution in [-0.4, -0.2) is 51.8 Å². The number of para-hydroxylation sites is 1. The van der Waals surface area contributed by atoms with Crippen molar-refractivity contribution in [2.24, 2.45) is 0 Å². The number of aromatic nitrogens is 1. The zero-order valence-corrected chi connectivity index (χ0v) is 9.86. The summed E-state index contributed by atoms with van der Waals surface area (Å²) in [7, 11) is 0. The molecule has 4 N–H and O–H groups in total. The minimum atomic E-state index is -0.921. The minimum Gasteiger partial charge on any atom is -0.394 e. The molecule has 2 heterocycles. The topological polar surface area (TPSA) is 85.7 Å². The SMILES string of the molecule is OC[C@H]1OC[C@H](O)[C@@H]1O.c1ccc2[nH]ccc2c1. The predicted molar refractivity (Wildman–Crippen MR) is 67.1 cm³/mol. The van der Waals surface area contributed by atoms with Gasteiger partial charge in [0.1, 0.15) is 18.3 Å². The number of nitrogens with one attached hydrogen (secondary N) is 1. The molecular weight excluding hydrogens is 234 g/mol. The lowest BCUT2D eigenvalue weighted by atomic mass is 10.2. The van der Waals surface area contributed by atoms with Crippen molar-refractivity contribution < 1.29 is 20.1 Å². The van der Waals surface area contributed by atoms with E-state index < -0.39 is 18.3 Å². The fourth-order valence-electron chi connectivity index (χ4n) is 1.82. The molecule has 1 saturated heterocycles. The molecule has 1 aromatic heterocycles. The van der Waals surface area contributed by atoms with Gasteiger partial charge in [0.15, 0.2) is 0 Å². The maximum absolute atomic E-state index is 8.92. The van der Waals surface area contributed by atoms with Crippen LogP contribution in [0.3, 0.4) is 0 Å². The number of aromatic amines is 1. The van der Waals surface area contributed by atoms with E-state index in [1.54, 1.807) is 0 Å². The molecule has 0 saturated carbocycles. The summed E-state index contributed by atoms with van der Waals surface area (Å²) in [6.45, 7) is -0.120. The van der Waals surface area contributed by atoms with E-state index >= 15 is 0 Å². The third-order valence-corrected chi connectivity index (χ3v) is 2.90.